The van der Waals surface area contributed by atoms with E-state index in [2.05, 4.69) is 4.99 Å². The lowest BCUT2D eigenvalue weighted by atomic mass is 10.2. The first-order chi connectivity index (χ1) is 8.26. The van der Waals surface area contributed by atoms with Crippen LogP contribution in [0.4, 0.5) is 4.79 Å². The number of benzene rings is 1. The SMILES string of the molecule is CCC(CC#N)=NC(=O)OCc1ccccc1. The quantitative estimate of drug-likeness (QED) is 0.746. The van der Waals surface area contributed by atoms with Crippen LogP contribution in [0.25, 0.3) is 0 Å². The number of hydrogen-bond acceptors (Lipinski definition) is 3. The van der Waals surface area contributed by atoms with Crippen LogP contribution in [0.1, 0.15) is 25.3 Å². The van der Waals surface area contributed by atoms with Crippen LogP contribution in [-0.2, 0) is 11.3 Å². The lowest BCUT2D eigenvalue weighted by Crippen LogP contribution is -2.04. The molecule has 0 spiro atoms. The molecule has 0 aliphatic heterocycles. The number of carbonyl (C=O) groups excluding carboxylic acids is 1. The highest BCUT2D eigenvalue weighted by Gasteiger charge is 2.03. The van der Waals surface area contributed by atoms with Crippen molar-refractivity contribution in [3.63, 3.8) is 0 Å². The average molecular weight is 230 g/mol. The van der Waals surface area contributed by atoms with Crippen molar-refractivity contribution < 1.29 is 9.53 Å². The van der Waals surface area contributed by atoms with Crippen LogP contribution < -0.4 is 0 Å². The Kier molecular flexibility index (Phi) is 5.45. The van der Waals surface area contributed by atoms with E-state index in [1.807, 2.05) is 43.3 Å². The van der Waals surface area contributed by atoms with Gasteiger partial charge in [0.1, 0.15) is 6.61 Å². The van der Waals surface area contributed by atoms with Crippen molar-refractivity contribution in [2.75, 3.05) is 0 Å². The van der Waals surface area contributed by atoms with Gasteiger partial charge in [0.2, 0.25) is 0 Å². The van der Waals surface area contributed by atoms with Gasteiger partial charge in [-0.05, 0) is 12.0 Å². The minimum Gasteiger partial charge on any atom is -0.443 e. The van der Waals surface area contributed by atoms with E-state index in [9.17, 15) is 4.79 Å². The minimum atomic E-state index is -0.638. The van der Waals surface area contributed by atoms with E-state index >= 15 is 0 Å². The molecule has 1 aromatic carbocycles. The first-order valence-corrected chi connectivity index (χ1v) is 5.40. The third kappa shape index (κ3) is 4.94. The molecule has 0 saturated carbocycles. The molecule has 0 heterocycles. The summed E-state index contributed by atoms with van der Waals surface area (Å²) in [5.74, 6) is 0. The highest BCUT2D eigenvalue weighted by atomic mass is 16.5. The zero-order valence-corrected chi connectivity index (χ0v) is 9.72. The lowest BCUT2D eigenvalue weighted by Gasteiger charge is -2.02. The zero-order valence-electron chi connectivity index (χ0n) is 9.72. The molecule has 88 valence electrons. The molecule has 0 bridgehead atoms. The summed E-state index contributed by atoms with van der Waals surface area (Å²) in [7, 11) is 0. The van der Waals surface area contributed by atoms with E-state index in [1.54, 1.807) is 0 Å². The van der Waals surface area contributed by atoms with E-state index in [-0.39, 0.29) is 13.0 Å². The summed E-state index contributed by atoms with van der Waals surface area (Å²) >= 11 is 0. The van der Waals surface area contributed by atoms with E-state index in [0.29, 0.717) is 12.1 Å². The number of carbonyl (C=O) groups is 1. The van der Waals surface area contributed by atoms with Crippen molar-refractivity contribution in [2.24, 2.45) is 4.99 Å². The van der Waals surface area contributed by atoms with E-state index in [4.69, 9.17) is 10.00 Å². The number of rotatable bonds is 4. The molecular formula is C13H14N2O2. The highest BCUT2D eigenvalue weighted by Crippen LogP contribution is 2.02. The molecule has 0 saturated heterocycles. The van der Waals surface area contributed by atoms with Crippen LogP contribution in [0.2, 0.25) is 0 Å². The largest absolute Gasteiger partial charge is 0.443 e. The highest BCUT2D eigenvalue weighted by molar-refractivity contribution is 5.94. The van der Waals surface area contributed by atoms with E-state index < -0.39 is 6.09 Å². The Morgan fingerprint density at radius 1 is 1.41 bits per heavy atom. The van der Waals surface area contributed by atoms with Gasteiger partial charge >= 0.3 is 6.09 Å². The summed E-state index contributed by atoms with van der Waals surface area (Å²) in [6, 6.07) is 11.3. The maximum absolute atomic E-state index is 11.3. The van der Waals surface area contributed by atoms with Gasteiger partial charge in [0.05, 0.1) is 12.5 Å². The smallest absolute Gasteiger partial charge is 0.433 e. The van der Waals surface area contributed by atoms with E-state index in [1.165, 1.54) is 0 Å². The molecule has 0 aliphatic rings. The molecule has 0 fully saturated rings. The summed E-state index contributed by atoms with van der Waals surface area (Å²) in [5, 5.41) is 8.51. The average Bonchev–Trinajstić information content (AvgIpc) is 2.37. The van der Waals surface area contributed by atoms with E-state index in [0.717, 1.165) is 5.56 Å². The first-order valence-electron chi connectivity index (χ1n) is 5.40. The van der Waals surface area contributed by atoms with Crippen LogP contribution >= 0.6 is 0 Å². The second kappa shape index (κ2) is 7.18. The standard InChI is InChI=1S/C13H14N2O2/c1-2-12(8-9-14)15-13(16)17-10-11-6-4-3-5-7-11/h3-7H,2,8,10H2,1H3. The normalized spacial score (nSPS) is 10.7. The van der Waals surface area contributed by atoms with Crippen LogP contribution in [0.3, 0.4) is 0 Å². The third-order valence-electron chi connectivity index (χ3n) is 2.15. The van der Waals surface area contributed by atoms with Gasteiger partial charge in [-0.15, -0.1) is 0 Å². The summed E-state index contributed by atoms with van der Waals surface area (Å²) in [6.07, 6.45) is 0.103. The maximum Gasteiger partial charge on any atom is 0.433 e. The van der Waals surface area contributed by atoms with Gasteiger partial charge in [-0.1, -0.05) is 37.3 Å². The molecule has 0 aromatic heterocycles. The Morgan fingerprint density at radius 3 is 2.71 bits per heavy atom. The molecule has 1 rings (SSSR count). The summed E-state index contributed by atoms with van der Waals surface area (Å²) < 4.78 is 4.97. The van der Waals surface area contributed by atoms with Gasteiger partial charge in [-0.3, -0.25) is 0 Å². The molecule has 0 N–H and O–H groups in total. The molecule has 0 unspecified atom stereocenters. The molecule has 0 radical (unpaired) electrons. The monoisotopic (exact) mass is 230 g/mol. The van der Waals surface area contributed by atoms with Crippen LogP contribution in [0.15, 0.2) is 35.3 Å². The minimum absolute atomic E-state index is 0.164. The second-order valence-electron chi connectivity index (χ2n) is 3.41. The summed E-state index contributed by atoms with van der Waals surface area (Å²) in [4.78, 5) is 15.1. The fourth-order valence-electron chi connectivity index (χ4n) is 1.22. The third-order valence-corrected chi connectivity index (χ3v) is 2.15. The number of nitriles is 1. The predicted molar refractivity (Wildman–Crippen MR) is 64.6 cm³/mol. The van der Waals surface area contributed by atoms with Crippen LogP contribution in [-0.4, -0.2) is 11.8 Å². The number of hydrogen-bond donors (Lipinski definition) is 0. The second-order valence-corrected chi connectivity index (χ2v) is 3.41. The van der Waals surface area contributed by atoms with Gasteiger partial charge in [0.25, 0.3) is 0 Å². The molecule has 0 aliphatic carbocycles. The topological polar surface area (TPSA) is 62.5 Å². The van der Waals surface area contributed by atoms with Crippen molar-refractivity contribution in [1.29, 1.82) is 5.26 Å². The molecular weight excluding hydrogens is 216 g/mol. The van der Waals surface area contributed by atoms with Crippen molar-refractivity contribution in [2.45, 2.75) is 26.4 Å². The Labute approximate surface area is 101 Å². The molecule has 4 heteroatoms. The number of aliphatic imine (C=N–C) groups is 1. The van der Waals surface area contributed by atoms with Gasteiger partial charge < -0.3 is 4.74 Å². The molecule has 1 aromatic rings. The summed E-state index contributed by atoms with van der Waals surface area (Å²) in [6.45, 7) is 2.05. The van der Waals surface area contributed by atoms with Gasteiger partial charge in [0, 0.05) is 5.71 Å². The Morgan fingerprint density at radius 2 is 2.12 bits per heavy atom. The van der Waals surface area contributed by atoms with Crippen molar-refractivity contribution in [3.05, 3.63) is 35.9 Å². The van der Waals surface area contributed by atoms with Gasteiger partial charge in [-0.25, -0.2) is 4.79 Å². The number of amides is 1. The maximum atomic E-state index is 11.3. The zero-order chi connectivity index (χ0) is 12.5. The first kappa shape index (κ1) is 12.9. The Bertz CT molecular complexity index is 432. The Balaban J connectivity index is 2.48. The lowest BCUT2D eigenvalue weighted by molar-refractivity contribution is 0.150. The number of nitrogens with zero attached hydrogens (tertiary/aromatic N) is 2. The van der Waals surface area contributed by atoms with Gasteiger partial charge in [-0.2, -0.15) is 10.3 Å². The fourth-order valence-corrected chi connectivity index (χ4v) is 1.22. The molecule has 17 heavy (non-hydrogen) atoms. The predicted octanol–water partition coefficient (Wildman–Crippen LogP) is 3.09. The van der Waals surface area contributed by atoms with Crippen LogP contribution in [0, 0.1) is 11.3 Å². The van der Waals surface area contributed by atoms with Crippen molar-refractivity contribution >= 4 is 11.8 Å². The molecule has 4 nitrogen and oxygen atoms in total. The number of ether oxygens (including phenoxy) is 1. The van der Waals surface area contributed by atoms with Crippen LogP contribution in [0.5, 0.6) is 0 Å². The molecule has 0 atom stereocenters. The summed E-state index contributed by atoms with van der Waals surface area (Å²) in [5.41, 5.74) is 1.46. The van der Waals surface area contributed by atoms with Gasteiger partial charge in [0.15, 0.2) is 0 Å². The fraction of sp³-hybridized carbons (Fsp3) is 0.308. The van der Waals surface area contributed by atoms with Crippen molar-refractivity contribution in [1.82, 2.24) is 0 Å². The van der Waals surface area contributed by atoms with Crippen molar-refractivity contribution in [3.8, 4) is 6.07 Å². The Hall–Kier alpha value is -2.15. The molecule has 1 amide bonds.